The number of benzene rings is 1. The van der Waals surface area contributed by atoms with Crippen LogP contribution in [-0.4, -0.2) is 24.1 Å². The van der Waals surface area contributed by atoms with E-state index < -0.39 is 6.04 Å². The monoisotopic (exact) mass is 272 g/mol. The van der Waals surface area contributed by atoms with Gasteiger partial charge in [-0.2, -0.15) is 0 Å². The molecule has 2 rings (SSSR count). The molecule has 106 valence electrons. The Morgan fingerprint density at radius 3 is 2.80 bits per heavy atom. The molecule has 0 saturated heterocycles. The quantitative estimate of drug-likeness (QED) is 0.850. The Balaban J connectivity index is 2.47. The van der Waals surface area contributed by atoms with Crippen LogP contribution >= 0.6 is 0 Å². The third kappa shape index (κ3) is 2.96. The lowest BCUT2D eigenvalue weighted by Gasteiger charge is -2.21. The Hall–Kier alpha value is -1.94. The van der Waals surface area contributed by atoms with Crippen molar-refractivity contribution in [1.82, 2.24) is 10.3 Å². The first kappa shape index (κ1) is 14.5. The van der Waals surface area contributed by atoms with Crippen molar-refractivity contribution < 1.29 is 9.53 Å². The summed E-state index contributed by atoms with van der Waals surface area (Å²) in [5.41, 5.74) is 0.857. The fourth-order valence-corrected chi connectivity index (χ4v) is 2.17. The summed E-state index contributed by atoms with van der Waals surface area (Å²) >= 11 is 0. The van der Waals surface area contributed by atoms with E-state index in [1.54, 1.807) is 12.4 Å². The molecule has 4 heteroatoms. The third-order valence-electron chi connectivity index (χ3n) is 3.51. The van der Waals surface area contributed by atoms with Crippen LogP contribution in [0.1, 0.15) is 31.9 Å². The van der Waals surface area contributed by atoms with Crippen molar-refractivity contribution in [2.24, 2.45) is 0 Å². The molecule has 0 aliphatic carbocycles. The van der Waals surface area contributed by atoms with Crippen molar-refractivity contribution in [3.63, 3.8) is 0 Å². The van der Waals surface area contributed by atoms with E-state index in [-0.39, 0.29) is 12.0 Å². The highest BCUT2D eigenvalue weighted by atomic mass is 16.5. The highest BCUT2D eigenvalue weighted by Gasteiger charge is 2.24. The summed E-state index contributed by atoms with van der Waals surface area (Å²) in [5, 5.41) is 5.35. The molecule has 0 saturated carbocycles. The maximum absolute atomic E-state index is 12.1. The van der Waals surface area contributed by atoms with Gasteiger partial charge in [0.25, 0.3) is 0 Å². The van der Waals surface area contributed by atoms with Crippen molar-refractivity contribution in [1.29, 1.82) is 0 Å². The van der Waals surface area contributed by atoms with E-state index in [0.717, 1.165) is 22.8 Å². The first-order valence-electron chi connectivity index (χ1n) is 6.84. The molecule has 2 unspecified atom stereocenters. The van der Waals surface area contributed by atoms with Crippen molar-refractivity contribution in [3.8, 4) is 0 Å². The van der Waals surface area contributed by atoms with E-state index in [1.807, 2.05) is 24.3 Å². The average Bonchev–Trinajstić information content (AvgIpc) is 2.51. The second kappa shape index (κ2) is 6.48. The number of rotatable bonds is 5. The minimum absolute atomic E-state index is 0.220. The van der Waals surface area contributed by atoms with Gasteiger partial charge in [0.15, 0.2) is 0 Å². The maximum atomic E-state index is 12.1. The second-order valence-electron chi connectivity index (χ2n) is 4.88. The molecule has 0 amide bonds. The van der Waals surface area contributed by atoms with Gasteiger partial charge < -0.3 is 4.74 Å². The normalized spacial score (nSPS) is 13.9. The summed E-state index contributed by atoms with van der Waals surface area (Å²) in [6.45, 7) is 4.13. The van der Waals surface area contributed by atoms with E-state index in [9.17, 15) is 4.79 Å². The van der Waals surface area contributed by atoms with Gasteiger partial charge in [-0.25, -0.2) is 4.79 Å². The zero-order chi connectivity index (χ0) is 14.5. The number of nitrogens with zero attached hydrogens (tertiary/aromatic N) is 1. The molecule has 0 radical (unpaired) electrons. The van der Waals surface area contributed by atoms with Gasteiger partial charge in [-0.1, -0.05) is 31.2 Å². The third-order valence-corrected chi connectivity index (χ3v) is 3.51. The fraction of sp³-hybridized carbons (Fsp3) is 0.375. The first-order chi connectivity index (χ1) is 9.67. The molecule has 0 bridgehead atoms. The molecule has 1 aromatic heterocycles. The molecule has 0 spiro atoms. The summed E-state index contributed by atoms with van der Waals surface area (Å²) in [7, 11) is 1.41. The van der Waals surface area contributed by atoms with E-state index in [0.29, 0.717) is 0 Å². The van der Waals surface area contributed by atoms with Crippen LogP contribution in [0.3, 0.4) is 0 Å². The summed E-state index contributed by atoms with van der Waals surface area (Å²) in [6.07, 6.45) is 4.47. The number of hydrogen-bond donors (Lipinski definition) is 1. The highest BCUT2D eigenvalue weighted by molar-refractivity contribution is 5.90. The Labute approximate surface area is 119 Å². The van der Waals surface area contributed by atoms with Gasteiger partial charge in [0.1, 0.15) is 6.04 Å². The molecule has 1 heterocycles. The topological polar surface area (TPSA) is 51.2 Å². The predicted molar refractivity (Wildman–Crippen MR) is 79.4 cm³/mol. The summed E-state index contributed by atoms with van der Waals surface area (Å²) < 4.78 is 4.93. The smallest absolute Gasteiger partial charge is 0.327 e. The van der Waals surface area contributed by atoms with Gasteiger partial charge in [0.2, 0.25) is 0 Å². The van der Waals surface area contributed by atoms with E-state index >= 15 is 0 Å². The van der Waals surface area contributed by atoms with Crippen molar-refractivity contribution >= 4 is 16.7 Å². The summed E-state index contributed by atoms with van der Waals surface area (Å²) in [4.78, 5) is 16.3. The molecule has 4 nitrogen and oxygen atoms in total. The number of fused-ring (bicyclic) bond motifs is 1. The lowest BCUT2D eigenvalue weighted by atomic mass is 10.0. The van der Waals surface area contributed by atoms with Crippen LogP contribution in [0.5, 0.6) is 0 Å². The van der Waals surface area contributed by atoms with Crippen molar-refractivity contribution in [2.45, 2.75) is 32.4 Å². The predicted octanol–water partition coefficient (Wildman–Crippen LogP) is 2.84. The van der Waals surface area contributed by atoms with Crippen LogP contribution in [0, 0.1) is 0 Å². The van der Waals surface area contributed by atoms with Crippen LogP contribution in [0.15, 0.2) is 36.7 Å². The van der Waals surface area contributed by atoms with Gasteiger partial charge in [-0.15, -0.1) is 0 Å². The summed E-state index contributed by atoms with van der Waals surface area (Å²) in [5.74, 6) is -0.288. The Bertz CT molecular complexity index is 593. The van der Waals surface area contributed by atoms with Crippen molar-refractivity contribution in [2.75, 3.05) is 7.11 Å². The molecule has 1 aromatic carbocycles. The minimum Gasteiger partial charge on any atom is -0.468 e. The molecule has 0 aliphatic rings. The Kier molecular flexibility index (Phi) is 4.69. The molecule has 2 aromatic rings. The fourth-order valence-electron chi connectivity index (χ4n) is 2.17. The largest absolute Gasteiger partial charge is 0.468 e. The Morgan fingerprint density at radius 1 is 1.35 bits per heavy atom. The number of carbonyl (C=O) groups excluding carboxylic acids is 1. The van der Waals surface area contributed by atoms with Crippen LogP contribution in [0.4, 0.5) is 0 Å². The first-order valence-corrected chi connectivity index (χ1v) is 6.84. The van der Waals surface area contributed by atoms with E-state index in [1.165, 1.54) is 7.11 Å². The molecular formula is C16H20N2O2. The van der Waals surface area contributed by atoms with Crippen LogP contribution in [0.2, 0.25) is 0 Å². The lowest BCUT2D eigenvalue weighted by molar-refractivity contribution is -0.143. The number of aromatic nitrogens is 1. The van der Waals surface area contributed by atoms with Gasteiger partial charge in [0, 0.05) is 29.4 Å². The average molecular weight is 272 g/mol. The van der Waals surface area contributed by atoms with E-state index in [2.05, 4.69) is 24.1 Å². The highest BCUT2D eigenvalue weighted by Crippen LogP contribution is 2.24. The number of hydrogen-bond acceptors (Lipinski definition) is 4. The van der Waals surface area contributed by atoms with Gasteiger partial charge in [0.05, 0.1) is 7.11 Å². The van der Waals surface area contributed by atoms with Gasteiger partial charge >= 0.3 is 5.97 Å². The van der Waals surface area contributed by atoms with Gasteiger partial charge in [-0.05, 0) is 18.7 Å². The number of nitrogens with one attached hydrogen (secondary N) is 1. The maximum Gasteiger partial charge on any atom is 0.327 e. The molecule has 1 N–H and O–H groups in total. The molecule has 2 atom stereocenters. The molecule has 0 fully saturated rings. The Morgan fingerprint density at radius 2 is 2.10 bits per heavy atom. The number of pyridine rings is 1. The standard InChI is InChI=1S/C16H20N2O2/c1-4-11(2)18-15(16(19)20-3)14-10-17-9-12-7-5-6-8-13(12)14/h5-11,15,18H,4H2,1-3H3. The van der Waals surface area contributed by atoms with Crippen LogP contribution in [-0.2, 0) is 9.53 Å². The second-order valence-corrected chi connectivity index (χ2v) is 4.88. The minimum atomic E-state index is -0.492. The SMILES string of the molecule is CCC(C)NC(C(=O)OC)c1cncc2ccccc12. The number of esters is 1. The number of ether oxygens (including phenoxy) is 1. The summed E-state index contributed by atoms with van der Waals surface area (Å²) in [6, 6.07) is 7.64. The number of methoxy groups -OCH3 is 1. The molecule has 0 aliphatic heterocycles. The van der Waals surface area contributed by atoms with Crippen molar-refractivity contribution in [3.05, 3.63) is 42.2 Å². The zero-order valence-corrected chi connectivity index (χ0v) is 12.1. The lowest BCUT2D eigenvalue weighted by Crippen LogP contribution is -2.35. The van der Waals surface area contributed by atoms with Gasteiger partial charge in [-0.3, -0.25) is 10.3 Å². The number of carbonyl (C=O) groups is 1. The van der Waals surface area contributed by atoms with Crippen LogP contribution in [0.25, 0.3) is 10.8 Å². The molecular weight excluding hydrogens is 252 g/mol. The van der Waals surface area contributed by atoms with E-state index in [4.69, 9.17) is 4.74 Å². The zero-order valence-electron chi connectivity index (χ0n) is 12.1. The molecule has 20 heavy (non-hydrogen) atoms. The van der Waals surface area contributed by atoms with Crippen LogP contribution < -0.4 is 5.32 Å².